The Labute approximate surface area is 160 Å². The molecule has 6 heteroatoms. The number of para-hydroxylation sites is 1. The lowest BCUT2D eigenvalue weighted by atomic mass is 10.1. The number of hydrogen-bond donors (Lipinski definition) is 0. The molecule has 1 fully saturated rings. The van der Waals surface area contributed by atoms with Crippen LogP contribution < -0.4 is 4.90 Å². The standard InChI is InChI=1S/C21H24N2O3S/c24-21(23-15-12-18-6-2-3-7-20(18)23)19-10-8-17(9-11-19)16-27(25,26)22-13-4-1-5-14-22/h2-3,6-11H,1,4-5,12-16H2. The Morgan fingerprint density at radius 3 is 2.33 bits per heavy atom. The number of carbonyl (C=O) groups excluding carboxylic acids is 1. The molecule has 1 amide bonds. The van der Waals surface area contributed by atoms with Gasteiger partial charge in [0.15, 0.2) is 0 Å². The molecule has 2 aromatic rings. The number of nitrogens with zero attached hydrogens (tertiary/aromatic N) is 2. The van der Waals surface area contributed by atoms with Gasteiger partial charge < -0.3 is 4.90 Å². The summed E-state index contributed by atoms with van der Waals surface area (Å²) in [6.07, 6.45) is 3.84. The number of anilines is 1. The van der Waals surface area contributed by atoms with Crippen molar-refractivity contribution in [2.45, 2.75) is 31.4 Å². The SMILES string of the molecule is O=C(c1ccc(CS(=O)(=O)N2CCCCC2)cc1)N1CCc2ccccc21. The monoisotopic (exact) mass is 384 g/mol. The van der Waals surface area contributed by atoms with Gasteiger partial charge >= 0.3 is 0 Å². The number of benzene rings is 2. The largest absolute Gasteiger partial charge is 0.308 e. The topological polar surface area (TPSA) is 57.7 Å². The van der Waals surface area contributed by atoms with E-state index in [1.54, 1.807) is 33.5 Å². The average molecular weight is 385 g/mol. The van der Waals surface area contributed by atoms with E-state index in [1.165, 1.54) is 5.56 Å². The van der Waals surface area contributed by atoms with Gasteiger partial charge in [0.05, 0.1) is 5.75 Å². The molecule has 27 heavy (non-hydrogen) atoms. The number of amides is 1. The van der Waals surface area contributed by atoms with Crippen molar-refractivity contribution in [2.75, 3.05) is 24.5 Å². The maximum absolute atomic E-state index is 12.9. The zero-order valence-electron chi connectivity index (χ0n) is 15.3. The molecule has 0 aliphatic carbocycles. The van der Waals surface area contributed by atoms with Crippen LogP contribution >= 0.6 is 0 Å². The number of sulfonamides is 1. The predicted octanol–water partition coefficient (Wildman–Crippen LogP) is 3.21. The molecule has 0 bridgehead atoms. The highest BCUT2D eigenvalue weighted by Gasteiger charge is 2.26. The first-order chi connectivity index (χ1) is 13.0. The Morgan fingerprint density at radius 2 is 1.59 bits per heavy atom. The van der Waals surface area contributed by atoms with Crippen LogP contribution in [-0.2, 0) is 22.2 Å². The minimum absolute atomic E-state index is 0.00593. The summed E-state index contributed by atoms with van der Waals surface area (Å²) in [7, 11) is -3.29. The van der Waals surface area contributed by atoms with E-state index in [0.717, 1.165) is 36.9 Å². The molecule has 0 saturated carbocycles. The lowest BCUT2D eigenvalue weighted by Crippen LogP contribution is -2.36. The minimum atomic E-state index is -3.29. The zero-order chi connectivity index (χ0) is 18.9. The number of rotatable bonds is 4. The zero-order valence-corrected chi connectivity index (χ0v) is 16.1. The summed E-state index contributed by atoms with van der Waals surface area (Å²) in [4.78, 5) is 14.7. The van der Waals surface area contributed by atoms with Gasteiger partial charge in [-0.15, -0.1) is 0 Å². The van der Waals surface area contributed by atoms with Crippen LogP contribution in [0.25, 0.3) is 0 Å². The molecule has 2 aliphatic rings. The van der Waals surface area contributed by atoms with Gasteiger partial charge in [0.2, 0.25) is 10.0 Å². The highest BCUT2D eigenvalue weighted by molar-refractivity contribution is 7.88. The van der Waals surface area contributed by atoms with Crippen molar-refractivity contribution >= 4 is 21.6 Å². The molecule has 0 unspecified atom stereocenters. The fourth-order valence-electron chi connectivity index (χ4n) is 3.89. The molecule has 4 rings (SSSR count). The molecule has 142 valence electrons. The summed E-state index contributed by atoms with van der Waals surface area (Å²) in [6, 6.07) is 15.0. The normalized spacial score (nSPS) is 17.7. The molecule has 2 heterocycles. The number of piperidine rings is 1. The van der Waals surface area contributed by atoms with Gasteiger partial charge in [-0.05, 0) is 48.6 Å². The quantitative estimate of drug-likeness (QED) is 0.813. The lowest BCUT2D eigenvalue weighted by molar-refractivity contribution is 0.0989. The maximum Gasteiger partial charge on any atom is 0.258 e. The molecule has 1 saturated heterocycles. The van der Waals surface area contributed by atoms with E-state index in [-0.39, 0.29) is 11.7 Å². The van der Waals surface area contributed by atoms with Gasteiger partial charge in [-0.25, -0.2) is 12.7 Å². The summed E-state index contributed by atoms with van der Waals surface area (Å²) in [5.41, 5.74) is 3.47. The van der Waals surface area contributed by atoms with E-state index in [2.05, 4.69) is 6.07 Å². The molecule has 0 radical (unpaired) electrons. The molecular formula is C21H24N2O3S. The minimum Gasteiger partial charge on any atom is -0.308 e. The van der Waals surface area contributed by atoms with Gasteiger partial charge in [-0.3, -0.25) is 4.79 Å². The van der Waals surface area contributed by atoms with Crippen molar-refractivity contribution < 1.29 is 13.2 Å². The molecule has 5 nitrogen and oxygen atoms in total. The fourth-order valence-corrected chi connectivity index (χ4v) is 5.50. The Kier molecular flexibility index (Phi) is 5.02. The van der Waals surface area contributed by atoms with Crippen LogP contribution in [0.15, 0.2) is 48.5 Å². The Morgan fingerprint density at radius 1 is 0.889 bits per heavy atom. The van der Waals surface area contributed by atoms with Gasteiger partial charge in [0, 0.05) is 30.9 Å². The maximum atomic E-state index is 12.9. The van der Waals surface area contributed by atoms with Crippen LogP contribution in [-0.4, -0.2) is 38.3 Å². The van der Waals surface area contributed by atoms with Gasteiger partial charge in [0.25, 0.3) is 5.91 Å². The van der Waals surface area contributed by atoms with E-state index in [4.69, 9.17) is 0 Å². The van der Waals surface area contributed by atoms with Crippen LogP contribution in [0.3, 0.4) is 0 Å². The van der Waals surface area contributed by atoms with Crippen molar-refractivity contribution in [3.8, 4) is 0 Å². The summed E-state index contributed by atoms with van der Waals surface area (Å²) in [5.74, 6) is -0.0426. The average Bonchev–Trinajstić information content (AvgIpc) is 3.13. The third-order valence-electron chi connectivity index (χ3n) is 5.39. The van der Waals surface area contributed by atoms with E-state index in [0.29, 0.717) is 25.2 Å². The van der Waals surface area contributed by atoms with Crippen LogP contribution in [0.2, 0.25) is 0 Å². The first-order valence-electron chi connectivity index (χ1n) is 9.51. The fraction of sp³-hybridized carbons (Fsp3) is 0.381. The molecule has 0 spiro atoms. The van der Waals surface area contributed by atoms with Crippen molar-refractivity contribution in [3.63, 3.8) is 0 Å². The molecule has 0 N–H and O–H groups in total. The van der Waals surface area contributed by atoms with E-state index in [1.807, 2.05) is 18.2 Å². The summed E-state index contributed by atoms with van der Waals surface area (Å²) >= 11 is 0. The molecule has 0 atom stereocenters. The molecule has 2 aliphatic heterocycles. The van der Waals surface area contributed by atoms with Crippen LogP contribution in [0.4, 0.5) is 5.69 Å². The van der Waals surface area contributed by atoms with Crippen molar-refractivity contribution in [1.82, 2.24) is 4.31 Å². The Balaban J connectivity index is 1.47. The summed E-state index contributed by atoms with van der Waals surface area (Å²) in [5, 5.41) is 0. The first kappa shape index (κ1) is 18.2. The van der Waals surface area contributed by atoms with Crippen LogP contribution in [0, 0.1) is 0 Å². The molecule has 2 aromatic carbocycles. The van der Waals surface area contributed by atoms with E-state index >= 15 is 0 Å². The Hall–Kier alpha value is -2.18. The van der Waals surface area contributed by atoms with Crippen molar-refractivity contribution in [2.24, 2.45) is 0 Å². The molecular weight excluding hydrogens is 360 g/mol. The van der Waals surface area contributed by atoms with Gasteiger partial charge in [-0.2, -0.15) is 0 Å². The molecule has 0 aromatic heterocycles. The van der Waals surface area contributed by atoms with Crippen LogP contribution in [0.1, 0.15) is 40.7 Å². The second-order valence-corrected chi connectivity index (χ2v) is 9.22. The van der Waals surface area contributed by atoms with Crippen LogP contribution in [0.5, 0.6) is 0 Å². The van der Waals surface area contributed by atoms with Crippen molar-refractivity contribution in [3.05, 3.63) is 65.2 Å². The Bertz CT molecular complexity index is 932. The first-order valence-corrected chi connectivity index (χ1v) is 11.1. The van der Waals surface area contributed by atoms with Crippen molar-refractivity contribution in [1.29, 1.82) is 0 Å². The van der Waals surface area contributed by atoms with Gasteiger partial charge in [-0.1, -0.05) is 36.8 Å². The van der Waals surface area contributed by atoms with Gasteiger partial charge in [0.1, 0.15) is 0 Å². The highest BCUT2D eigenvalue weighted by atomic mass is 32.2. The lowest BCUT2D eigenvalue weighted by Gasteiger charge is -2.25. The number of fused-ring (bicyclic) bond motifs is 1. The highest BCUT2D eigenvalue weighted by Crippen LogP contribution is 2.29. The van der Waals surface area contributed by atoms with E-state index in [9.17, 15) is 13.2 Å². The number of hydrogen-bond acceptors (Lipinski definition) is 3. The second-order valence-electron chi connectivity index (χ2n) is 7.25. The number of carbonyl (C=O) groups is 1. The van der Waals surface area contributed by atoms with E-state index < -0.39 is 10.0 Å². The predicted molar refractivity (Wildman–Crippen MR) is 106 cm³/mol. The smallest absolute Gasteiger partial charge is 0.258 e. The second kappa shape index (κ2) is 7.44. The third kappa shape index (κ3) is 3.77. The summed E-state index contributed by atoms with van der Waals surface area (Å²) < 4.78 is 26.7. The summed E-state index contributed by atoms with van der Waals surface area (Å²) in [6.45, 7) is 1.92. The third-order valence-corrected chi connectivity index (χ3v) is 7.24.